The molecular formula is C48H33NO2Si. The lowest BCUT2D eigenvalue weighted by molar-refractivity contribution is 0.481. The Kier molecular flexibility index (Phi) is 7.15. The number of nitrogens with zero attached hydrogens (tertiary/aromatic N) is 1. The number of anilines is 3. The predicted octanol–water partition coefficient (Wildman–Crippen LogP) is 10.1. The smallest absolute Gasteiger partial charge is 0.196 e. The van der Waals surface area contributed by atoms with Gasteiger partial charge in [-0.15, -0.1) is 0 Å². The Morgan fingerprint density at radius 1 is 0.308 bits per heavy atom. The van der Waals surface area contributed by atoms with Crippen LogP contribution >= 0.6 is 0 Å². The van der Waals surface area contributed by atoms with E-state index in [0.29, 0.717) is 0 Å². The van der Waals surface area contributed by atoms with E-state index in [9.17, 15) is 0 Å². The maximum absolute atomic E-state index is 6.77. The lowest BCUT2D eigenvalue weighted by atomic mass is 9.94. The van der Waals surface area contributed by atoms with Gasteiger partial charge in [0.05, 0.1) is 0 Å². The van der Waals surface area contributed by atoms with Gasteiger partial charge in [-0.25, -0.2) is 0 Å². The van der Waals surface area contributed by atoms with Gasteiger partial charge in [-0.3, -0.25) is 0 Å². The van der Waals surface area contributed by atoms with E-state index in [1.807, 2.05) is 0 Å². The fourth-order valence-corrected chi connectivity index (χ4v) is 13.3. The van der Waals surface area contributed by atoms with E-state index in [1.165, 1.54) is 43.0 Å². The molecule has 0 atom stereocenters. The van der Waals surface area contributed by atoms with Crippen LogP contribution in [0.1, 0.15) is 0 Å². The molecule has 2 aliphatic heterocycles. The molecule has 0 amide bonds. The molecule has 246 valence electrons. The summed E-state index contributed by atoms with van der Waals surface area (Å²) in [6.07, 6.45) is 0. The summed E-state index contributed by atoms with van der Waals surface area (Å²) in [5.41, 5.74) is 8.04. The summed E-state index contributed by atoms with van der Waals surface area (Å²) in [6.45, 7) is 0. The molecule has 0 aliphatic carbocycles. The van der Waals surface area contributed by atoms with Gasteiger partial charge in [0.2, 0.25) is 0 Å². The van der Waals surface area contributed by atoms with Gasteiger partial charge >= 0.3 is 0 Å². The van der Waals surface area contributed by atoms with Gasteiger partial charge in [-0.05, 0) is 104 Å². The Morgan fingerprint density at radius 2 is 0.712 bits per heavy atom. The Balaban J connectivity index is 1.17. The lowest BCUT2D eigenvalue weighted by Gasteiger charge is -2.43. The first-order valence-electron chi connectivity index (χ1n) is 17.7. The fraction of sp³-hybridized carbons (Fsp3) is 0. The molecule has 8 aromatic carbocycles. The summed E-state index contributed by atoms with van der Waals surface area (Å²) in [4.78, 5) is 2.35. The van der Waals surface area contributed by atoms with Gasteiger partial charge in [-0.1, -0.05) is 140 Å². The van der Waals surface area contributed by atoms with Crippen LogP contribution in [0.15, 0.2) is 200 Å². The molecule has 4 heteroatoms. The second-order valence-electron chi connectivity index (χ2n) is 13.3. The van der Waals surface area contributed by atoms with Crippen molar-refractivity contribution in [2.45, 2.75) is 0 Å². The number of hydrogen-bond acceptors (Lipinski definition) is 3. The average molecular weight is 684 g/mol. The van der Waals surface area contributed by atoms with Crippen LogP contribution in [-0.4, -0.2) is 8.07 Å². The second kappa shape index (κ2) is 12.3. The van der Waals surface area contributed by atoms with Crippen molar-refractivity contribution < 1.29 is 9.47 Å². The Morgan fingerprint density at radius 3 is 1.27 bits per heavy atom. The van der Waals surface area contributed by atoms with Crippen molar-refractivity contribution in [1.82, 2.24) is 0 Å². The molecule has 0 fully saturated rings. The van der Waals surface area contributed by atoms with Crippen LogP contribution in [0, 0.1) is 0 Å². The summed E-state index contributed by atoms with van der Waals surface area (Å²) >= 11 is 0. The van der Waals surface area contributed by atoms with Crippen LogP contribution in [0.5, 0.6) is 23.0 Å². The van der Waals surface area contributed by atoms with Crippen LogP contribution in [0.25, 0.3) is 22.3 Å². The average Bonchev–Trinajstić information content (AvgIpc) is 3.22. The van der Waals surface area contributed by atoms with Crippen LogP contribution < -0.4 is 35.1 Å². The molecule has 1 spiro atoms. The molecule has 0 N–H and O–H groups in total. The van der Waals surface area contributed by atoms with Crippen molar-refractivity contribution in [2.24, 2.45) is 0 Å². The molecule has 0 radical (unpaired) electrons. The maximum atomic E-state index is 6.77. The molecule has 2 heterocycles. The number of rotatable bonds is 5. The monoisotopic (exact) mass is 683 g/mol. The van der Waals surface area contributed by atoms with Gasteiger partial charge in [0, 0.05) is 17.1 Å². The first-order valence-corrected chi connectivity index (χ1v) is 19.7. The number of para-hydroxylation sites is 4. The minimum absolute atomic E-state index is 0.890. The summed E-state index contributed by atoms with van der Waals surface area (Å²) in [5.74, 6) is 3.62. The van der Waals surface area contributed by atoms with Crippen LogP contribution in [0.4, 0.5) is 17.1 Å². The van der Waals surface area contributed by atoms with Gasteiger partial charge in [0.15, 0.2) is 8.07 Å². The number of benzene rings is 8. The van der Waals surface area contributed by atoms with Crippen LogP contribution in [0.2, 0.25) is 0 Å². The largest absolute Gasteiger partial charge is 0.458 e. The fourth-order valence-electron chi connectivity index (χ4n) is 8.16. The van der Waals surface area contributed by atoms with Crippen molar-refractivity contribution in [2.75, 3.05) is 4.90 Å². The molecule has 3 nitrogen and oxygen atoms in total. The van der Waals surface area contributed by atoms with Crippen molar-refractivity contribution >= 4 is 45.9 Å². The van der Waals surface area contributed by atoms with E-state index in [0.717, 1.165) is 40.1 Å². The van der Waals surface area contributed by atoms with Crippen molar-refractivity contribution in [3.8, 4) is 45.3 Å². The first-order chi connectivity index (χ1) is 25.8. The van der Waals surface area contributed by atoms with E-state index >= 15 is 0 Å². The topological polar surface area (TPSA) is 21.7 Å². The zero-order valence-electron chi connectivity index (χ0n) is 28.3. The van der Waals surface area contributed by atoms with E-state index in [1.54, 1.807) is 0 Å². The number of fused-ring (bicyclic) bond motifs is 8. The van der Waals surface area contributed by atoms with E-state index in [-0.39, 0.29) is 0 Å². The Labute approximate surface area is 304 Å². The molecule has 0 saturated heterocycles. The van der Waals surface area contributed by atoms with Crippen molar-refractivity contribution in [3.63, 3.8) is 0 Å². The van der Waals surface area contributed by atoms with Crippen LogP contribution in [-0.2, 0) is 0 Å². The molecular weight excluding hydrogens is 651 g/mol. The lowest BCUT2D eigenvalue weighted by Crippen LogP contribution is -2.77. The zero-order valence-corrected chi connectivity index (χ0v) is 29.3. The predicted molar refractivity (Wildman–Crippen MR) is 216 cm³/mol. The first kappa shape index (κ1) is 30.2. The molecule has 0 saturated carbocycles. The SMILES string of the molecule is c1ccc(-c2ccccc2-c2ccc(N(c3ccccc3)c3ccc4c(c3)[Si]3(c5ccccc5Oc5ccccc53)c3ccccc3O4)cc2)cc1. The van der Waals surface area contributed by atoms with E-state index < -0.39 is 8.07 Å². The molecule has 52 heavy (non-hydrogen) atoms. The van der Waals surface area contributed by atoms with E-state index in [2.05, 4.69) is 205 Å². The molecule has 0 bridgehead atoms. The quantitative estimate of drug-likeness (QED) is 0.169. The number of ether oxygens (including phenoxy) is 2. The highest BCUT2D eigenvalue weighted by molar-refractivity contribution is 7.21. The third-order valence-electron chi connectivity index (χ3n) is 10.4. The standard InChI is InChI=1S/C48H33NO2Si/c1-3-15-34(16-4-1)39-19-7-8-20-40(39)35-27-29-37(30-28-35)49(36-17-5-2-6-18-36)38-31-32-44-48(33-38)52(47-26-14-11-23-43(47)51-44)45-24-12-9-21-41(45)50-42-22-10-13-25-46(42)52/h1-33H. The maximum Gasteiger partial charge on any atom is 0.196 e. The van der Waals surface area contributed by atoms with Crippen molar-refractivity contribution in [3.05, 3.63) is 200 Å². The van der Waals surface area contributed by atoms with Gasteiger partial charge < -0.3 is 14.4 Å². The highest BCUT2D eigenvalue weighted by Crippen LogP contribution is 2.41. The highest BCUT2D eigenvalue weighted by atomic mass is 28.3. The number of hydrogen-bond donors (Lipinski definition) is 0. The minimum Gasteiger partial charge on any atom is -0.458 e. The molecule has 2 aliphatic rings. The third kappa shape index (κ3) is 4.73. The Hall–Kier alpha value is -6.62. The molecule has 0 unspecified atom stereocenters. The molecule has 10 rings (SSSR count). The van der Waals surface area contributed by atoms with Crippen LogP contribution in [0.3, 0.4) is 0 Å². The summed E-state index contributed by atoms with van der Waals surface area (Å²) in [5, 5.41) is 4.91. The zero-order chi connectivity index (χ0) is 34.5. The van der Waals surface area contributed by atoms with Gasteiger partial charge in [0.1, 0.15) is 23.0 Å². The van der Waals surface area contributed by atoms with E-state index in [4.69, 9.17) is 9.47 Å². The molecule has 8 aromatic rings. The second-order valence-corrected chi connectivity index (χ2v) is 16.9. The van der Waals surface area contributed by atoms with Crippen molar-refractivity contribution in [1.29, 1.82) is 0 Å². The summed E-state index contributed by atoms with van der Waals surface area (Å²) in [7, 11) is -2.90. The minimum atomic E-state index is -2.90. The third-order valence-corrected chi connectivity index (χ3v) is 15.3. The van der Waals surface area contributed by atoms with Gasteiger partial charge in [-0.2, -0.15) is 0 Å². The normalized spacial score (nSPS) is 13.1. The highest BCUT2D eigenvalue weighted by Gasteiger charge is 2.53. The summed E-state index contributed by atoms with van der Waals surface area (Å²) in [6, 6.07) is 71.3. The van der Waals surface area contributed by atoms with Gasteiger partial charge in [0.25, 0.3) is 0 Å². The summed E-state index contributed by atoms with van der Waals surface area (Å²) < 4.78 is 13.4. The Bertz CT molecular complexity index is 2480. The molecule has 0 aromatic heterocycles.